The number of alkyl halides is 3. The van der Waals surface area contributed by atoms with Gasteiger partial charge < -0.3 is 5.32 Å². The molecule has 6 heteroatoms. The Labute approximate surface area is 205 Å². The summed E-state index contributed by atoms with van der Waals surface area (Å²) >= 11 is 0. The average Bonchev–Trinajstić information content (AvgIpc) is 3.16. The molecule has 4 aliphatic carbocycles. The zero-order valence-electron chi connectivity index (χ0n) is 20.9. The van der Waals surface area contributed by atoms with Crippen molar-refractivity contribution in [3.63, 3.8) is 0 Å². The second kappa shape index (κ2) is 8.48. The van der Waals surface area contributed by atoms with Crippen LogP contribution in [0.1, 0.15) is 77.7 Å². The van der Waals surface area contributed by atoms with Gasteiger partial charge in [-0.1, -0.05) is 26.3 Å². The summed E-state index contributed by atoms with van der Waals surface area (Å²) in [5.74, 6) is 2.09. The Balaban J connectivity index is 1.36. The number of hydrogen-bond acceptors (Lipinski definition) is 2. The normalized spacial score (nSPS) is 38.7. The third-order valence-electron chi connectivity index (χ3n) is 10.4. The van der Waals surface area contributed by atoms with E-state index in [1.165, 1.54) is 17.7 Å². The fraction of sp³-hybridized carbons (Fsp3) is 0.655. The van der Waals surface area contributed by atoms with Crippen LogP contribution in [0.3, 0.4) is 0 Å². The van der Waals surface area contributed by atoms with Crippen LogP contribution in [0.5, 0.6) is 0 Å². The molecule has 5 rings (SSSR count). The zero-order chi connectivity index (χ0) is 25.2. The number of benzene rings is 1. The summed E-state index contributed by atoms with van der Waals surface area (Å²) in [5.41, 5.74) is 1.07. The van der Waals surface area contributed by atoms with Gasteiger partial charge in [0.05, 0.1) is 5.56 Å². The van der Waals surface area contributed by atoms with E-state index in [1.807, 2.05) is 6.08 Å². The predicted octanol–water partition coefficient (Wildman–Crippen LogP) is 7.43. The van der Waals surface area contributed by atoms with E-state index in [4.69, 9.17) is 0 Å². The number of nitrogens with one attached hydrogen (secondary N) is 1. The van der Waals surface area contributed by atoms with E-state index in [9.17, 15) is 22.8 Å². The van der Waals surface area contributed by atoms with Crippen molar-refractivity contribution in [3.8, 4) is 0 Å². The number of hydrogen-bond donors (Lipinski definition) is 1. The molecule has 1 N–H and O–H groups in total. The minimum Gasteiger partial charge on any atom is -0.326 e. The van der Waals surface area contributed by atoms with Gasteiger partial charge in [-0.3, -0.25) is 9.59 Å². The van der Waals surface area contributed by atoms with Gasteiger partial charge in [0.1, 0.15) is 0 Å². The number of allylic oxidation sites excluding steroid dienone is 1. The fourth-order valence-corrected chi connectivity index (χ4v) is 8.57. The Morgan fingerprint density at radius 1 is 1.06 bits per heavy atom. The Hall–Kier alpha value is -2.11. The van der Waals surface area contributed by atoms with E-state index < -0.39 is 11.7 Å². The SMILES string of the molecule is CCC1CC2C(CC[C@@]3(C)C2CC[C@@H]3C(=O)Nc2ccc(C(F)(F)F)cc2)[C@@]2(C)CCC(=O)C=C12. The molecule has 1 aromatic carbocycles. The van der Waals surface area contributed by atoms with E-state index in [-0.39, 0.29) is 28.4 Å². The highest BCUT2D eigenvalue weighted by atomic mass is 19.4. The van der Waals surface area contributed by atoms with E-state index >= 15 is 0 Å². The number of carbonyl (C=O) groups is 2. The maximum Gasteiger partial charge on any atom is 0.416 e. The molecule has 0 aliphatic heterocycles. The summed E-state index contributed by atoms with van der Waals surface area (Å²) in [7, 11) is 0. The molecular weight excluding hydrogens is 451 g/mol. The van der Waals surface area contributed by atoms with Crippen molar-refractivity contribution < 1.29 is 22.8 Å². The van der Waals surface area contributed by atoms with Crippen LogP contribution in [0.2, 0.25) is 0 Å². The first-order chi connectivity index (χ1) is 16.5. The van der Waals surface area contributed by atoms with Crippen LogP contribution in [0.25, 0.3) is 0 Å². The topological polar surface area (TPSA) is 46.2 Å². The average molecular weight is 488 g/mol. The van der Waals surface area contributed by atoms with Gasteiger partial charge in [-0.15, -0.1) is 0 Å². The molecule has 1 aromatic rings. The van der Waals surface area contributed by atoms with Crippen molar-refractivity contribution in [2.45, 2.75) is 78.3 Å². The lowest BCUT2D eigenvalue weighted by Crippen LogP contribution is -2.53. The summed E-state index contributed by atoms with van der Waals surface area (Å²) in [6.45, 7) is 6.89. The van der Waals surface area contributed by atoms with Gasteiger partial charge in [0.25, 0.3) is 0 Å². The number of carbonyl (C=O) groups excluding carboxylic acids is 2. The van der Waals surface area contributed by atoms with Crippen LogP contribution in [-0.4, -0.2) is 11.7 Å². The van der Waals surface area contributed by atoms with Crippen LogP contribution in [0.15, 0.2) is 35.9 Å². The minimum atomic E-state index is -4.39. The van der Waals surface area contributed by atoms with Gasteiger partial charge in [-0.05, 0) is 110 Å². The molecule has 3 saturated carbocycles. The molecule has 0 bridgehead atoms. The molecule has 0 heterocycles. The lowest BCUT2D eigenvalue weighted by Gasteiger charge is -2.59. The van der Waals surface area contributed by atoms with Gasteiger partial charge in [0.2, 0.25) is 5.91 Å². The maximum absolute atomic E-state index is 13.4. The highest BCUT2D eigenvalue weighted by Crippen LogP contribution is 2.67. The number of anilines is 1. The van der Waals surface area contributed by atoms with Crippen LogP contribution >= 0.6 is 0 Å². The third-order valence-corrected chi connectivity index (χ3v) is 10.4. The van der Waals surface area contributed by atoms with Crippen molar-refractivity contribution in [1.82, 2.24) is 0 Å². The lowest BCUT2D eigenvalue weighted by molar-refractivity contribution is -0.137. The first kappa shape index (κ1) is 24.6. The lowest BCUT2D eigenvalue weighted by atomic mass is 9.45. The monoisotopic (exact) mass is 487 g/mol. The van der Waals surface area contributed by atoms with Crippen molar-refractivity contribution in [1.29, 1.82) is 0 Å². The van der Waals surface area contributed by atoms with Crippen LogP contribution in [0.4, 0.5) is 18.9 Å². The molecule has 4 unspecified atom stereocenters. The Kier molecular flexibility index (Phi) is 5.96. The Morgan fingerprint density at radius 2 is 1.77 bits per heavy atom. The quantitative estimate of drug-likeness (QED) is 0.482. The fourth-order valence-electron chi connectivity index (χ4n) is 8.57. The third kappa shape index (κ3) is 3.95. The van der Waals surface area contributed by atoms with Crippen LogP contribution < -0.4 is 5.32 Å². The van der Waals surface area contributed by atoms with Gasteiger partial charge >= 0.3 is 6.18 Å². The molecule has 35 heavy (non-hydrogen) atoms. The van der Waals surface area contributed by atoms with Gasteiger partial charge in [-0.2, -0.15) is 13.2 Å². The van der Waals surface area contributed by atoms with Crippen molar-refractivity contribution in [2.24, 2.45) is 40.4 Å². The molecule has 7 atom stereocenters. The molecular formula is C29H36F3NO2. The van der Waals surface area contributed by atoms with E-state index in [0.717, 1.165) is 57.1 Å². The second-order valence-electron chi connectivity index (χ2n) is 11.9. The summed E-state index contributed by atoms with van der Waals surface area (Å²) in [5, 5.41) is 2.92. The molecule has 190 valence electrons. The molecule has 0 radical (unpaired) electrons. The maximum atomic E-state index is 13.4. The molecule has 3 fully saturated rings. The van der Waals surface area contributed by atoms with Gasteiger partial charge in [-0.25, -0.2) is 0 Å². The molecule has 3 nitrogen and oxygen atoms in total. The Morgan fingerprint density at radius 3 is 2.43 bits per heavy atom. The van der Waals surface area contributed by atoms with Crippen molar-refractivity contribution in [3.05, 3.63) is 41.5 Å². The minimum absolute atomic E-state index is 0.0638. The number of rotatable bonds is 3. The smallest absolute Gasteiger partial charge is 0.326 e. The number of halogens is 3. The molecule has 0 spiro atoms. The Bertz CT molecular complexity index is 1050. The van der Waals surface area contributed by atoms with Crippen molar-refractivity contribution >= 4 is 17.4 Å². The van der Waals surface area contributed by atoms with E-state index in [0.29, 0.717) is 35.8 Å². The first-order valence-corrected chi connectivity index (χ1v) is 13.2. The van der Waals surface area contributed by atoms with E-state index in [2.05, 4.69) is 26.1 Å². The molecule has 0 aromatic heterocycles. The second-order valence-corrected chi connectivity index (χ2v) is 11.9. The first-order valence-electron chi connectivity index (χ1n) is 13.2. The highest BCUT2D eigenvalue weighted by Gasteiger charge is 2.61. The summed E-state index contributed by atoms with van der Waals surface area (Å²) in [6.07, 6.45) is 5.20. The number of amides is 1. The number of fused-ring (bicyclic) bond motifs is 5. The summed E-state index contributed by atoms with van der Waals surface area (Å²) in [4.78, 5) is 25.7. The largest absolute Gasteiger partial charge is 0.416 e. The van der Waals surface area contributed by atoms with Crippen molar-refractivity contribution in [2.75, 3.05) is 5.32 Å². The number of ketones is 1. The standard InChI is InChI=1S/C29H36F3NO2/c1-4-17-15-21-22-9-10-24(26(35)33-19-7-5-18(6-8-19)29(30,31)32)27(22,2)14-12-23(21)28(3)13-11-20(34)16-25(17)28/h5-8,16-17,21-24H,4,9-15H2,1-3H3,(H,33,35)/t17?,21?,22?,23?,24-,27+,28-/m1/s1. The molecule has 0 saturated heterocycles. The summed E-state index contributed by atoms with van der Waals surface area (Å²) < 4.78 is 38.7. The zero-order valence-corrected chi connectivity index (χ0v) is 20.9. The summed E-state index contributed by atoms with van der Waals surface area (Å²) in [6, 6.07) is 4.73. The van der Waals surface area contributed by atoms with Gasteiger partial charge in [0, 0.05) is 18.0 Å². The van der Waals surface area contributed by atoms with Gasteiger partial charge in [0.15, 0.2) is 5.78 Å². The molecule has 4 aliphatic rings. The van der Waals surface area contributed by atoms with E-state index in [1.54, 1.807) is 0 Å². The van der Waals surface area contributed by atoms with Crippen LogP contribution in [-0.2, 0) is 15.8 Å². The molecule has 1 amide bonds. The predicted molar refractivity (Wildman–Crippen MR) is 129 cm³/mol. The van der Waals surface area contributed by atoms with Crippen LogP contribution in [0, 0.1) is 40.4 Å². The highest BCUT2D eigenvalue weighted by molar-refractivity contribution is 5.93.